The lowest BCUT2D eigenvalue weighted by Gasteiger charge is -2.19. The van der Waals surface area contributed by atoms with Gasteiger partial charge in [0.1, 0.15) is 23.4 Å². The number of carbonyl (C=O) groups is 2. The average Bonchev–Trinajstić information content (AvgIpc) is 3.25. The largest absolute Gasteiger partial charge is 0.416 e. The van der Waals surface area contributed by atoms with Crippen molar-refractivity contribution in [3.05, 3.63) is 117 Å². The highest BCUT2D eigenvalue weighted by Gasteiger charge is 2.36. The third-order valence-electron chi connectivity index (χ3n) is 6.20. The second kappa shape index (κ2) is 10.1. The Morgan fingerprint density at radius 3 is 2.45 bits per heavy atom. The quantitative estimate of drug-likeness (QED) is 0.269. The average molecular weight is 569 g/mol. The first-order valence-corrected chi connectivity index (χ1v) is 11.8. The topological polar surface area (TPSA) is 94.9 Å². The van der Waals surface area contributed by atoms with Gasteiger partial charge in [-0.3, -0.25) is 9.59 Å². The maximum absolute atomic E-state index is 14.1. The Bertz CT molecular complexity index is 1730. The van der Waals surface area contributed by atoms with Crippen LogP contribution in [0.1, 0.15) is 49.1 Å². The van der Waals surface area contributed by atoms with Crippen LogP contribution in [0.25, 0.3) is 11.1 Å². The van der Waals surface area contributed by atoms with Gasteiger partial charge in [0.05, 0.1) is 11.6 Å². The molecule has 0 spiro atoms. The fourth-order valence-electron chi connectivity index (χ4n) is 4.38. The van der Waals surface area contributed by atoms with Crippen LogP contribution in [-0.2, 0) is 6.18 Å². The molecule has 6 nitrogen and oxygen atoms in total. The minimum atomic E-state index is -4.91. The fourth-order valence-corrected chi connectivity index (χ4v) is 4.61. The van der Waals surface area contributed by atoms with Crippen LogP contribution < -0.4 is 10.6 Å². The summed E-state index contributed by atoms with van der Waals surface area (Å²) in [6.07, 6.45) is -3.54. The molecule has 0 aliphatic carbocycles. The molecule has 1 aliphatic heterocycles. The molecule has 2 heterocycles. The van der Waals surface area contributed by atoms with Gasteiger partial charge in [-0.05, 0) is 66.2 Å². The minimum absolute atomic E-state index is 0.0247. The number of aromatic nitrogens is 1. The maximum Gasteiger partial charge on any atom is 0.416 e. The Hall–Kier alpha value is -4.82. The number of nitrogens with zero attached hydrogens (tertiary/aromatic N) is 2. The van der Waals surface area contributed by atoms with Gasteiger partial charge in [0.2, 0.25) is 0 Å². The standard InChI is InChI=1S/C28H14ClF5N4O2/c29-22-4-2-17(30)10-20(22)25-24-21(27(40)38-25)7-14(13-1-3-19(11-35)36-12-13)8-23(24)37-26(39)15-5-16(28(32,33)34)9-18(31)6-15/h1-10,12,25H,(H,37,39)(H,38,40)/t25-/m0/s1. The molecule has 4 aromatic rings. The summed E-state index contributed by atoms with van der Waals surface area (Å²) in [4.78, 5) is 30.2. The van der Waals surface area contributed by atoms with Crippen molar-refractivity contribution in [3.63, 3.8) is 0 Å². The number of anilines is 1. The van der Waals surface area contributed by atoms with E-state index in [4.69, 9.17) is 16.9 Å². The molecule has 40 heavy (non-hydrogen) atoms. The number of nitriles is 1. The highest BCUT2D eigenvalue weighted by Crippen LogP contribution is 2.42. The molecule has 1 aliphatic rings. The maximum atomic E-state index is 14.1. The first-order chi connectivity index (χ1) is 18.9. The van der Waals surface area contributed by atoms with E-state index < -0.39 is 46.8 Å². The zero-order valence-electron chi connectivity index (χ0n) is 19.9. The van der Waals surface area contributed by atoms with E-state index in [9.17, 15) is 31.5 Å². The smallest absolute Gasteiger partial charge is 0.341 e. The number of pyridine rings is 1. The Morgan fingerprint density at radius 2 is 1.77 bits per heavy atom. The van der Waals surface area contributed by atoms with E-state index in [1.165, 1.54) is 30.5 Å². The number of amides is 2. The molecule has 2 amide bonds. The monoisotopic (exact) mass is 568 g/mol. The fraction of sp³-hybridized carbons (Fsp3) is 0.0714. The molecule has 0 fully saturated rings. The summed E-state index contributed by atoms with van der Waals surface area (Å²) < 4.78 is 67.9. The van der Waals surface area contributed by atoms with E-state index in [2.05, 4.69) is 15.6 Å². The van der Waals surface area contributed by atoms with E-state index in [-0.39, 0.29) is 39.2 Å². The molecule has 5 rings (SSSR count). The first kappa shape index (κ1) is 26.8. The molecule has 1 atom stereocenters. The van der Waals surface area contributed by atoms with Crippen LogP contribution in [0.5, 0.6) is 0 Å². The summed E-state index contributed by atoms with van der Waals surface area (Å²) in [6.45, 7) is 0. The predicted molar refractivity (Wildman–Crippen MR) is 134 cm³/mol. The van der Waals surface area contributed by atoms with Crippen LogP contribution >= 0.6 is 11.6 Å². The van der Waals surface area contributed by atoms with Gasteiger partial charge in [0.25, 0.3) is 11.8 Å². The number of rotatable bonds is 4. The second-order valence-corrected chi connectivity index (χ2v) is 9.19. The second-order valence-electron chi connectivity index (χ2n) is 8.78. The van der Waals surface area contributed by atoms with Crippen molar-refractivity contribution in [1.29, 1.82) is 5.26 Å². The highest BCUT2D eigenvalue weighted by atomic mass is 35.5. The summed E-state index contributed by atoms with van der Waals surface area (Å²) >= 11 is 6.29. The van der Waals surface area contributed by atoms with Crippen molar-refractivity contribution < 1.29 is 31.5 Å². The number of hydrogen-bond donors (Lipinski definition) is 2. The van der Waals surface area contributed by atoms with Crippen LogP contribution in [0.4, 0.5) is 27.6 Å². The van der Waals surface area contributed by atoms with Crippen LogP contribution in [0.15, 0.2) is 66.9 Å². The van der Waals surface area contributed by atoms with E-state index in [1.807, 2.05) is 6.07 Å². The molecule has 3 aromatic carbocycles. The molecule has 12 heteroatoms. The molecule has 0 saturated heterocycles. The lowest BCUT2D eigenvalue weighted by atomic mass is 9.93. The molecule has 0 radical (unpaired) electrons. The Kier molecular flexibility index (Phi) is 6.73. The molecule has 1 aromatic heterocycles. The zero-order valence-corrected chi connectivity index (χ0v) is 20.7. The number of hydrogen-bond acceptors (Lipinski definition) is 4. The number of nitrogens with one attached hydrogen (secondary N) is 2. The molecule has 0 bridgehead atoms. The zero-order chi connectivity index (χ0) is 28.8. The van der Waals surface area contributed by atoms with E-state index >= 15 is 0 Å². The van der Waals surface area contributed by atoms with E-state index in [0.717, 1.165) is 12.1 Å². The Labute approximate surface area is 228 Å². The predicted octanol–water partition coefficient (Wildman–Crippen LogP) is 6.66. The molecule has 2 N–H and O–H groups in total. The number of halogens is 6. The van der Waals surface area contributed by atoms with Gasteiger partial charge in [-0.1, -0.05) is 11.6 Å². The summed E-state index contributed by atoms with van der Waals surface area (Å²) in [5, 5.41) is 14.3. The normalized spacial score (nSPS) is 14.3. The van der Waals surface area contributed by atoms with Crippen molar-refractivity contribution in [2.24, 2.45) is 0 Å². The van der Waals surface area contributed by atoms with Crippen LogP contribution in [-0.4, -0.2) is 16.8 Å². The van der Waals surface area contributed by atoms with Gasteiger partial charge in [-0.25, -0.2) is 13.8 Å². The van der Waals surface area contributed by atoms with Crippen LogP contribution in [0.3, 0.4) is 0 Å². The summed E-state index contributed by atoms with van der Waals surface area (Å²) in [6, 6.07) is 11.7. The lowest BCUT2D eigenvalue weighted by molar-refractivity contribution is -0.137. The van der Waals surface area contributed by atoms with Gasteiger partial charge < -0.3 is 10.6 Å². The number of fused-ring (bicyclic) bond motifs is 1. The van der Waals surface area contributed by atoms with Crippen molar-refractivity contribution in [2.75, 3.05) is 5.32 Å². The molecule has 0 unspecified atom stereocenters. The van der Waals surface area contributed by atoms with Gasteiger partial charge >= 0.3 is 6.18 Å². The van der Waals surface area contributed by atoms with Gasteiger partial charge in [0.15, 0.2) is 0 Å². The third kappa shape index (κ3) is 5.09. The summed E-state index contributed by atoms with van der Waals surface area (Å²) in [5.74, 6) is -3.61. The van der Waals surface area contributed by atoms with Gasteiger partial charge in [-0.15, -0.1) is 0 Å². The number of benzene rings is 3. The van der Waals surface area contributed by atoms with Crippen molar-refractivity contribution in [3.8, 4) is 17.2 Å². The molecule has 0 saturated carbocycles. The molecular weight excluding hydrogens is 555 g/mol. The molecular formula is C28H14ClF5N4O2. The van der Waals surface area contributed by atoms with Gasteiger partial charge in [0, 0.05) is 44.7 Å². The van der Waals surface area contributed by atoms with E-state index in [0.29, 0.717) is 23.3 Å². The van der Waals surface area contributed by atoms with E-state index in [1.54, 1.807) is 6.07 Å². The number of carbonyl (C=O) groups excluding carboxylic acids is 2. The minimum Gasteiger partial charge on any atom is -0.341 e. The highest BCUT2D eigenvalue weighted by molar-refractivity contribution is 6.31. The number of alkyl halides is 3. The SMILES string of the molecule is N#Cc1ccc(-c2cc(NC(=O)c3cc(F)cc(C(F)(F)F)c3)c3c(c2)C(=O)N[C@H]3c2cc(F)ccc2Cl)cn1. The first-order valence-electron chi connectivity index (χ1n) is 11.4. The summed E-state index contributed by atoms with van der Waals surface area (Å²) in [7, 11) is 0. The molecule has 200 valence electrons. The van der Waals surface area contributed by atoms with Crippen LogP contribution in [0, 0.1) is 23.0 Å². The Balaban J connectivity index is 1.66. The summed E-state index contributed by atoms with van der Waals surface area (Å²) in [5.41, 5.74) is -0.661. The van der Waals surface area contributed by atoms with Crippen molar-refractivity contribution >= 4 is 29.1 Å². The van der Waals surface area contributed by atoms with Gasteiger partial charge in [-0.2, -0.15) is 18.4 Å². The van der Waals surface area contributed by atoms with Crippen LogP contribution in [0.2, 0.25) is 5.02 Å². The van der Waals surface area contributed by atoms with Crippen molar-refractivity contribution in [1.82, 2.24) is 10.3 Å². The van der Waals surface area contributed by atoms with Crippen molar-refractivity contribution in [2.45, 2.75) is 12.2 Å². The third-order valence-corrected chi connectivity index (χ3v) is 6.55. The Morgan fingerprint density at radius 1 is 1.00 bits per heavy atom. The lowest BCUT2D eigenvalue weighted by Crippen LogP contribution is -2.21.